The number of unbranched alkanes of at least 4 members (excludes halogenated alkanes) is 7. The van der Waals surface area contributed by atoms with Crippen molar-refractivity contribution < 1.29 is 14.7 Å². The summed E-state index contributed by atoms with van der Waals surface area (Å²) < 4.78 is 6.87. The van der Waals surface area contributed by atoms with E-state index in [0.29, 0.717) is 27.4 Å². The molecular formula is C24H30N2O4. The van der Waals surface area contributed by atoms with E-state index >= 15 is 0 Å². The zero-order chi connectivity index (χ0) is 21.3. The van der Waals surface area contributed by atoms with Gasteiger partial charge in [-0.15, -0.1) is 4.73 Å². The molecule has 0 aliphatic heterocycles. The van der Waals surface area contributed by atoms with Crippen LogP contribution in [0.3, 0.4) is 0 Å². The first-order valence-corrected chi connectivity index (χ1v) is 10.8. The highest BCUT2D eigenvalue weighted by Crippen LogP contribution is 2.20. The van der Waals surface area contributed by atoms with Crippen LogP contribution in [-0.4, -0.2) is 16.5 Å². The minimum Gasteiger partial charge on any atom is -0.618 e. The van der Waals surface area contributed by atoms with Crippen molar-refractivity contribution in [1.29, 1.82) is 0 Å². The predicted molar refractivity (Wildman–Crippen MR) is 118 cm³/mol. The molecule has 2 aromatic carbocycles. The van der Waals surface area contributed by atoms with Crippen molar-refractivity contribution in [3.63, 3.8) is 0 Å². The van der Waals surface area contributed by atoms with E-state index < -0.39 is 5.56 Å². The van der Waals surface area contributed by atoms with E-state index in [2.05, 4.69) is 6.92 Å². The summed E-state index contributed by atoms with van der Waals surface area (Å²) in [6.45, 7) is 2.88. The molecule has 30 heavy (non-hydrogen) atoms. The normalized spacial score (nSPS) is 11.1. The third-order valence-corrected chi connectivity index (χ3v) is 5.32. The standard InChI is InChI=1S/C24H30N2O4/c1-2-3-4-5-6-7-8-11-18-30-20-16-14-19(15-17-20)23-24(27)26(29)22-13-10-9-12-21(22)25(23)28/h9-10,12-17,29H,2-8,11,18H2,1H3. The maximum Gasteiger partial charge on any atom is 0.357 e. The zero-order valence-corrected chi connectivity index (χ0v) is 17.5. The number of para-hydroxylation sites is 2. The summed E-state index contributed by atoms with van der Waals surface area (Å²) in [4.78, 5) is 12.5. The van der Waals surface area contributed by atoms with Crippen LogP contribution in [0.2, 0.25) is 0 Å². The van der Waals surface area contributed by atoms with Crippen LogP contribution in [0.15, 0.2) is 53.3 Å². The Balaban J connectivity index is 1.58. The van der Waals surface area contributed by atoms with Crippen LogP contribution in [0.1, 0.15) is 58.3 Å². The molecule has 0 saturated carbocycles. The lowest BCUT2D eigenvalue weighted by atomic mass is 10.1. The van der Waals surface area contributed by atoms with Gasteiger partial charge in [-0.25, -0.2) is 0 Å². The summed E-state index contributed by atoms with van der Waals surface area (Å²) in [5.74, 6) is 0.698. The first kappa shape index (κ1) is 21.7. The molecule has 3 aromatic rings. The molecule has 6 heteroatoms. The summed E-state index contributed by atoms with van der Waals surface area (Å²) >= 11 is 0. The number of hydrogen-bond acceptors (Lipinski definition) is 4. The second-order valence-electron chi connectivity index (χ2n) is 7.60. The quantitative estimate of drug-likeness (QED) is 0.207. The van der Waals surface area contributed by atoms with Crippen molar-refractivity contribution in [1.82, 2.24) is 4.73 Å². The highest BCUT2D eigenvalue weighted by atomic mass is 16.5. The van der Waals surface area contributed by atoms with Crippen LogP contribution in [0.25, 0.3) is 22.3 Å². The van der Waals surface area contributed by atoms with Gasteiger partial charge in [0.25, 0.3) is 5.69 Å². The van der Waals surface area contributed by atoms with Gasteiger partial charge in [-0.05, 0) is 36.8 Å². The molecule has 1 N–H and O–H groups in total. The van der Waals surface area contributed by atoms with Crippen molar-refractivity contribution in [2.75, 3.05) is 6.61 Å². The van der Waals surface area contributed by atoms with Crippen LogP contribution < -0.4 is 15.0 Å². The highest BCUT2D eigenvalue weighted by Gasteiger charge is 2.22. The first-order chi connectivity index (χ1) is 14.6. The molecule has 0 fully saturated rings. The first-order valence-electron chi connectivity index (χ1n) is 10.8. The van der Waals surface area contributed by atoms with Gasteiger partial charge in [0.1, 0.15) is 5.75 Å². The van der Waals surface area contributed by atoms with Gasteiger partial charge in [-0.3, -0.25) is 4.79 Å². The molecule has 0 saturated heterocycles. The Bertz CT molecular complexity index is 1010. The number of aromatic nitrogens is 2. The van der Waals surface area contributed by atoms with Gasteiger partial charge in [-0.2, -0.15) is 4.73 Å². The van der Waals surface area contributed by atoms with Gasteiger partial charge in [0, 0.05) is 6.07 Å². The number of hydrogen-bond donors (Lipinski definition) is 1. The molecule has 1 aromatic heterocycles. The van der Waals surface area contributed by atoms with Crippen LogP contribution in [0.5, 0.6) is 5.75 Å². The van der Waals surface area contributed by atoms with Crippen LogP contribution in [0, 0.1) is 5.21 Å². The minimum atomic E-state index is -0.753. The Kier molecular flexibility index (Phi) is 7.71. The fourth-order valence-electron chi connectivity index (χ4n) is 3.61. The number of benzene rings is 2. The predicted octanol–water partition coefficient (Wildman–Crippen LogP) is 5.06. The molecule has 3 rings (SSSR count). The lowest BCUT2D eigenvalue weighted by Crippen LogP contribution is -2.40. The van der Waals surface area contributed by atoms with Crippen LogP contribution in [0.4, 0.5) is 0 Å². The summed E-state index contributed by atoms with van der Waals surface area (Å²) in [6.07, 6.45) is 9.96. The number of ether oxygens (including phenoxy) is 1. The van der Waals surface area contributed by atoms with E-state index in [9.17, 15) is 15.2 Å². The average Bonchev–Trinajstić information content (AvgIpc) is 2.77. The maximum absolute atomic E-state index is 12.7. The van der Waals surface area contributed by atoms with Gasteiger partial charge in [0.05, 0.1) is 12.2 Å². The Hall–Kier alpha value is -3.02. The third-order valence-electron chi connectivity index (χ3n) is 5.32. The lowest BCUT2D eigenvalue weighted by molar-refractivity contribution is -0.566. The Morgan fingerprint density at radius 3 is 2.27 bits per heavy atom. The number of rotatable bonds is 11. The van der Waals surface area contributed by atoms with Crippen molar-refractivity contribution >= 4 is 11.0 Å². The Morgan fingerprint density at radius 2 is 1.57 bits per heavy atom. The smallest absolute Gasteiger partial charge is 0.357 e. The summed E-state index contributed by atoms with van der Waals surface area (Å²) in [7, 11) is 0. The Morgan fingerprint density at radius 1 is 0.933 bits per heavy atom. The van der Waals surface area contributed by atoms with E-state index in [1.165, 1.54) is 44.6 Å². The van der Waals surface area contributed by atoms with Gasteiger partial charge in [0.15, 0.2) is 5.52 Å². The van der Waals surface area contributed by atoms with Gasteiger partial charge < -0.3 is 15.2 Å². The summed E-state index contributed by atoms with van der Waals surface area (Å²) in [5.41, 5.74) is -0.0405. The number of nitrogens with zero attached hydrogens (tertiary/aromatic N) is 2. The molecule has 1 heterocycles. The van der Waals surface area contributed by atoms with E-state index in [4.69, 9.17) is 4.74 Å². The van der Waals surface area contributed by atoms with E-state index in [1.807, 2.05) is 0 Å². The fourth-order valence-corrected chi connectivity index (χ4v) is 3.61. The third kappa shape index (κ3) is 5.12. The summed E-state index contributed by atoms with van der Waals surface area (Å²) in [6, 6.07) is 13.3. The molecule has 0 spiro atoms. The minimum absolute atomic E-state index is 0.120. The summed E-state index contributed by atoms with van der Waals surface area (Å²) in [5, 5.41) is 22.9. The number of fused-ring (bicyclic) bond motifs is 1. The topological polar surface area (TPSA) is 78.4 Å². The highest BCUT2D eigenvalue weighted by molar-refractivity contribution is 5.73. The van der Waals surface area contributed by atoms with Crippen molar-refractivity contribution in [2.45, 2.75) is 58.3 Å². The van der Waals surface area contributed by atoms with Crippen molar-refractivity contribution in [3.05, 3.63) is 64.1 Å². The SMILES string of the molecule is CCCCCCCCCCOc1ccc(-c2c(=O)n(O)c3ccccc3[n+]2[O-])cc1. The molecule has 0 radical (unpaired) electrons. The fraction of sp³-hybridized carbons (Fsp3) is 0.417. The van der Waals surface area contributed by atoms with E-state index in [1.54, 1.807) is 42.5 Å². The van der Waals surface area contributed by atoms with Gasteiger partial charge in [-0.1, -0.05) is 64.0 Å². The average molecular weight is 411 g/mol. The van der Waals surface area contributed by atoms with E-state index in [-0.39, 0.29) is 16.7 Å². The second-order valence-corrected chi connectivity index (χ2v) is 7.60. The monoisotopic (exact) mass is 410 g/mol. The molecule has 0 atom stereocenters. The molecule has 160 valence electrons. The molecule has 0 unspecified atom stereocenters. The van der Waals surface area contributed by atoms with Crippen LogP contribution in [-0.2, 0) is 0 Å². The molecule has 6 nitrogen and oxygen atoms in total. The lowest BCUT2D eigenvalue weighted by Gasteiger charge is -2.10. The molecule has 0 amide bonds. The largest absolute Gasteiger partial charge is 0.618 e. The van der Waals surface area contributed by atoms with Crippen molar-refractivity contribution in [2.24, 2.45) is 0 Å². The molecule has 0 bridgehead atoms. The second kappa shape index (κ2) is 10.7. The Labute approximate surface area is 176 Å². The zero-order valence-electron chi connectivity index (χ0n) is 17.5. The molecule has 0 aliphatic rings. The maximum atomic E-state index is 12.7. The van der Waals surface area contributed by atoms with E-state index in [0.717, 1.165) is 12.8 Å². The molecular weight excluding hydrogens is 380 g/mol. The molecule has 0 aliphatic carbocycles. The van der Waals surface area contributed by atoms with Crippen molar-refractivity contribution in [3.8, 4) is 17.0 Å². The van der Waals surface area contributed by atoms with Gasteiger partial charge >= 0.3 is 5.56 Å². The van der Waals surface area contributed by atoms with Crippen LogP contribution >= 0.6 is 0 Å². The van der Waals surface area contributed by atoms with Gasteiger partial charge in [0.2, 0.25) is 5.52 Å².